The average Bonchev–Trinajstić information content (AvgIpc) is 3.13. The van der Waals surface area contributed by atoms with Gasteiger partial charge in [0.05, 0.1) is 13.1 Å². The summed E-state index contributed by atoms with van der Waals surface area (Å²) >= 11 is 7.33. The van der Waals surface area contributed by atoms with Gasteiger partial charge in [0.2, 0.25) is 0 Å². The zero-order valence-electron chi connectivity index (χ0n) is 15.9. The highest BCUT2D eigenvalue weighted by Crippen LogP contribution is 2.17. The van der Waals surface area contributed by atoms with Gasteiger partial charge in [-0.2, -0.15) is 0 Å². The molecule has 1 aromatic carbocycles. The third-order valence-corrected chi connectivity index (χ3v) is 5.58. The summed E-state index contributed by atoms with van der Waals surface area (Å²) in [4.78, 5) is 18.9. The van der Waals surface area contributed by atoms with Crippen molar-refractivity contribution < 1.29 is 0 Å². The second-order valence-corrected chi connectivity index (χ2v) is 8.65. The van der Waals surface area contributed by atoms with Gasteiger partial charge in [0.1, 0.15) is 0 Å². The Hall–Kier alpha value is -2.18. The predicted octanol–water partition coefficient (Wildman–Crippen LogP) is 4.43. The fourth-order valence-corrected chi connectivity index (χ4v) is 3.81. The molecule has 0 saturated heterocycles. The Labute approximate surface area is 169 Å². The van der Waals surface area contributed by atoms with Crippen LogP contribution >= 0.6 is 23.6 Å². The summed E-state index contributed by atoms with van der Waals surface area (Å²) < 4.78 is 0. The zero-order valence-corrected chi connectivity index (χ0v) is 17.5. The maximum atomic E-state index is 12.6. The largest absolute Gasteiger partial charge is 0.362 e. The van der Waals surface area contributed by atoms with Gasteiger partial charge in [0.25, 0.3) is 5.56 Å². The zero-order chi connectivity index (χ0) is 19.4. The molecule has 2 aromatic heterocycles. The highest BCUT2D eigenvalue weighted by Gasteiger charge is 2.15. The summed E-state index contributed by atoms with van der Waals surface area (Å²) in [7, 11) is 0. The topological polar surface area (TPSA) is 48.1 Å². The van der Waals surface area contributed by atoms with Crippen molar-refractivity contribution in [2.24, 2.45) is 5.92 Å². The minimum atomic E-state index is -0.0593. The number of hydrogen-bond acceptors (Lipinski definition) is 3. The van der Waals surface area contributed by atoms with Crippen molar-refractivity contribution in [2.75, 3.05) is 6.54 Å². The Morgan fingerprint density at radius 2 is 2.07 bits per heavy atom. The molecule has 0 unspecified atom stereocenters. The number of fused-ring (bicyclic) bond motifs is 1. The fraction of sp³-hybridized carbons (Fsp3) is 0.333. The summed E-state index contributed by atoms with van der Waals surface area (Å²) in [6.45, 7) is 8.29. The van der Waals surface area contributed by atoms with E-state index in [1.807, 2.05) is 31.2 Å². The second kappa shape index (κ2) is 8.67. The highest BCUT2D eigenvalue weighted by molar-refractivity contribution is 7.80. The maximum Gasteiger partial charge on any atom is 0.253 e. The van der Waals surface area contributed by atoms with Gasteiger partial charge in [0, 0.05) is 22.5 Å². The van der Waals surface area contributed by atoms with Crippen LogP contribution in [-0.4, -0.2) is 21.5 Å². The third-order valence-electron chi connectivity index (χ3n) is 4.32. The van der Waals surface area contributed by atoms with Crippen LogP contribution in [0.2, 0.25) is 0 Å². The van der Waals surface area contributed by atoms with Crippen LogP contribution < -0.4 is 10.9 Å². The Balaban J connectivity index is 1.87. The molecule has 3 aromatic rings. The lowest BCUT2D eigenvalue weighted by Gasteiger charge is -2.26. The minimum Gasteiger partial charge on any atom is -0.362 e. The number of thiocarbonyl (C=S) groups is 1. The Morgan fingerprint density at radius 1 is 1.26 bits per heavy atom. The van der Waals surface area contributed by atoms with E-state index >= 15 is 0 Å². The van der Waals surface area contributed by atoms with Crippen LogP contribution in [-0.2, 0) is 13.1 Å². The van der Waals surface area contributed by atoms with Crippen molar-refractivity contribution in [3.8, 4) is 0 Å². The molecule has 0 bridgehead atoms. The normalized spacial score (nSPS) is 11.1. The van der Waals surface area contributed by atoms with Gasteiger partial charge in [-0.15, -0.1) is 11.3 Å². The lowest BCUT2D eigenvalue weighted by molar-refractivity contribution is 0.397. The first-order valence-corrected chi connectivity index (χ1v) is 10.4. The number of nitrogens with one attached hydrogen (secondary N) is 2. The molecular formula is C21H25N3OS2. The molecule has 2 N–H and O–H groups in total. The summed E-state index contributed by atoms with van der Waals surface area (Å²) in [5.41, 5.74) is 2.66. The molecule has 0 fully saturated rings. The molecule has 0 aliphatic rings. The van der Waals surface area contributed by atoms with Crippen LogP contribution in [0.5, 0.6) is 0 Å². The van der Waals surface area contributed by atoms with Crippen LogP contribution in [0.4, 0.5) is 0 Å². The van der Waals surface area contributed by atoms with E-state index in [1.165, 1.54) is 4.88 Å². The van der Waals surface area contributed by atoms with Gasteiger partial charge < -0.3 is 15.2 Å². The standard InChI is InChI=1S/C21H25N3OS2/c1-14(2)11-22-21(26)24(13-18-5-4-8-27-18)12-17-10-16-7-6-15(3)9-19(16)23-20(17)25/h4-10,14H,11-13H2,1-3H3,(H,22,26)(H,23,25). The van der Waals surface area contributed by atoms with E-state index in [1.54, 1.807) is 11.3 Å². The third kappa shape index (κ3) is 5.17. The molecule has 0 aliphatic heterocycles. The lowest BCUT2D eigenvalue weighted by Crippen LogP contribution is -2.41. The van der Waals surface area contributed by atoms with Gasteiger partial charge in [-0.3, -0.25) is 4.79 Å². The van der Waals surface area contributed by atoms with Crippen molar-refractivity contribution in [3.05, 3.63) is 68.1 Å². The molecule has 0 radical (unpaired) electrons. The summed E-state index contributed by atoms with van der Waals surface area (Å²) in [5.74, 6) is 0.499. The van der Waals surface area contributed by atoms with Crippen molar-refractivity contribution in [2.45, 2.75) is 33.9 Å². The molecule has 2 heterocycles. The minimum absolute atomic E-state index is 0.0593. The summed E-state index contributed by atoms with van der Waals surface area (Å²) in [6.07, 6.45) is 0. The molecule has 3 rings (SSSR count). The molecular weight excluding hydrogens is 374 g/mol. The van der Waals surface area contributed by atoms with Gasteiger partial charge in [-0.1, -0.05) is 32.0 Å². The van der Waals surface area contributed by atoms with Crippen LogP contribution in [0.15, 0.2) is 46.6 Å². The Morgan fingerprint density at radius 3 is 2.78 bits per heavy atom. The quantitative estimate of drug-likeness (QED) is 0.602. The van der Waals surface area contributed by atoms with Gasteiger partial charge in [0.15, 0.2) is 5.11 Å². The first-order chi connectivity index (χ1) is 12.9. The van der Waals surface area contributed by atoms with Crippen LogP contribution in [0.3, 0.4) is 0 Å². The van der Waals surface area contributed by atoms with E-state index in [9.17, 15) is 4.79 Å². The van der Waals surface area contributed by atoms with Gasteiger partial charge >= 0.3 is 0 Å². The molecule has 142 valence electrons. The second-order valence-electron chi connectivity index (χ2n) is 7.23. The van der Waals surface area contributed by atoms with E-state index in [-0.39, 0.29) is 5.56 Å². The number of pyridine rings is 1. The van der Waals surface area contributed by atoms with Crippen molar-refractivity contribution in [3.63, 3.8) is 0 Å². The smallest absolute Gasteiger partial charge is 0.253 e. The number of thiophene rings is 1. The van der Waals surface area contributed by atoms with Crippen molar-refractivity contribution in [1.82, 2.24) is 15.2 Å². The number of benzene rings is 1. The monoisotopic (exact) mass is 399 g/mol. The Kier molecular flexibility index (Phi) is 6.29. The highest BCUT2D eigenvalue weighted by atomic mass is 32.1. The molecule has 0 atom stereocenters. The predicted molar refractivity (Wildman–Crippen MR) is 118 cm³/mol. The number of rotatable bonds is 6. The summed E-state index contributed by atoms with van der Waals surface area (Å²) in [6, 6.07) is 12.2. The van der Waals surface area contributed by atoms with E-state index in [0.717, 1.165) is 28.6 Å². The molecule has 0 amide bonds. The van der Waals surface area contributed by atoms with Crippen molar-refractivity contribution >= 4 is 39.6 Å². The average molecular weight is 400 g/mol. The lowest BCUT2D eigenvalue weighted by atomic mass is 10.1. The number of aromatic nitrogens is 1. The molecule has 6 heteroatoms. The van der Waals surface area contributed by atoms with E-state index < -0.39 is 0 Å². The summed E-state index contributed by atoms with van der Waals surface area (Å²) in [5, 5.41) is 7.10. The fourth-order valence-electron chi connectivity index (χ4n) is 2.88. The van der Waals surface area contributed by atoms with E-state index in [2.05, 4.69) is 46.6 Å². The Bertz CT molecular complexity index is 977. The maximum absolute atomic E-state index is 12.6. The number of aryl methyl sites for hydroxylation is 1. The van der Waals surface area contributed by atoms with Gasteiger partial charge in [-0.25, -0.2) is 0 Å². The number of hydrogen-bond donors (Lipinski definition) is 2. The first-order valence-electron chi connectivity index (χ1n) is 9.10. The van der Waals surface area contributed by atoms with Crippen LogP contribution in [0.25, 0.3) is 10.9 Å². The molecule has 0 spiro atoms. The van der Waals surface area contributed by atoms with E-state index in [4.69, 9.17) is 12.2 Å². The number of nitrogens with zero attached hydrogens (tertiary/aromatic N) is 1. The van der Waals surface area contributed by atoms with Crippen LogP contribution in [0.1, 0.15) is 29.9 Å². The molecule has 0 aliphatic carbocycles. The molecule has 4 nitrogen and oxygen atoms in total. The van der Waals surface area contributed by atoms with Crippen LogP contribution in [0, 0.1) is 12.8 Å². The van der Waals surface area contributed by atoms with E-state index in [0.29, 0.717) is 24.1 Å². The molecule has 0 saturated carbocycles. The number of H-pyrrole nitrogens is 1. The number of aromatic amines is 1. The van der Waals surface area contributed by atoms with Crippen molar-refractivity contribution in [1.29, 1.82) is 0 Å². The van der Waals surface area contributed by atoms with Gasteiger partial charge in [-0.05, 0) is 59.6 Å². The molecule has 27 heavy (non-hydrogen) atoms. The SMILES string of the molecule is Cc1ccc2cc(CN(Cc3cccs3)C(=S)NCC(C)C)c(=O)[nH]c2c1. The first kappa shape index (κ1) is 19.6.